The Morgan fingerprint density at radius 2 is 2.11 bits per heavy atom. The lowest BCUT2D eigenvalue weighted by atomic mass is 10.3. The van der Waals surface area contributed by atoms with Crippen molar-refractivity contribution in [1.29, 1.82) is 0 Å². The number of aromatic nitrogens is 4. The second-order valence-corrected chi connectivity index (χ2v) is 4.93. The summed E-state index contributed by atoms with van der Waals surface area (Å²) >= 11 is 2.22. The van der Waals surface area contributed by atoms with E-state index in [2.05, 4.69) is 48.1 Å². The molecule has 0 spiro atoms. The molecule has 0 saturated carbocycles. The standard InChI is InChI=1S/C12H10IN5O/c1-14-12-16-10-7(6-15-18-10)11(17-12)19-9-5-3-2-4-8(9)13/h2-6H,1H3,(H2,14,15,16,17,18). The lowest BCUT2D eigenvalue weighted by molar-refractivity contribution is 0.466. The molecule has 0 radical (unpaired) electrons. The van der Waals surface area contributed by atoms with Gasteiger partial charge in [0.1, 0.15) is 11.1 Å². The summed E-state index contributed by atoms with van der Waals surface area (Å²) in [5, 5.41) is 10.4. The van der Waals surface area contributed by atoms with Crippen LogP contribution in [0, 0.1) is 3.57 Å². The fourth-order valence-electron chi connectivity index (χ4n) is 1.63. The van der Waals surface area contributed by atoms with E-state index in [-0.39, 0.29) is 0 Å². The quantitative estimate of drug-likeness (QED) is 0.697. The molecule has 0 saturated heterocycles. The van der Waals surface area contributed by atoms with Crippen LogP contribution >= 0.6 is 22.6 Å². The zero-order chi connectivity index (χ0) is 13.2. The Bertz CT molecular complexity index is 727. The number of anilines is 1. The fourth-order valence-corrected chi connectivity index (χ4v) is 2.13. The molecule has 0 aliphatic carbocycles. The van der Waals surface area contributed by atoms with Crippen molar-refractivity contribution in [2.75, 3.05) is 12.4 Å². The predicted octanol–water partition coefficient (Wildman–Crippen LogP) is 2.79. The van der Waals surface area contributed by atoms with Crippen LogP contribution in [0.4, 0.5) is 5.95 Å². The summed E-state index contributed by atoms with van der Waals surface area (Å²) in [7, 11) is 1.76. The molecule has 96 valence electrons. The van der Waals surface area contributed by atoms with Crippen molar-refractivity contribution in [2.24, 2.45) is 0 Å². The minimum atomic E-state index is 0.479. The first-order chi connectivity index (χ1) is 9.28. The van der Waals surface area contributed by atoms with Gasteiger partial charge in [-0.25, -0.2) is 0 Å². The third-order valence-corrected chi connectivity index (χ3v) is 3.43. The maximum atomic E-state index is 5.86. The van der Waals surface area contributed by atoms with Gasteiger partial charge in [-0.05, 0) is 34.7 Å². The van der Waals surface area contributed by atoms with E-state index >= 15 is 0 Å². The van der Waals surface area contributed by atoms with E-state index < -0.39 is 0 Å². The van der Waals surface area contributed by atoms with E-state index in [9.17, 15) is 0 Å². The van der Waals surface area contributed by atoms with Crippen LogP contribution in [0.2, 0.25) is 0 Å². The van der Waals surface area contributed by atoms with E-state index in [0.717, 1.165) is 14.7 Å². The summed E-state index contributed by atoms with van der Waals surface area (Å²) in [6, 6.07) is 7.75. The van der Waals surface area contributed by atoms with Crippen molar-refractivity contribution >= 4 is 39.6 Å². The third-order valence-electron chi connectivity index (χ3n) is 2.54. The number of benzene rings is 1. The van der Waals surface area contributed by atoms with Gasteiger partial charge in [0.25, 0.3) is 0 Å². The number of para-hydroxylation sites is 1. The number of halogens is 1. The van der Waals surface area contributed by atoms with Crippen LogP contribution in [0.15, 0.2) is 30.5 Å². The van der Waals surface area contributed by atoms with Crippen LogP contribution in [0.25, 0.3) is 11.0 Å². The first-order valence-electron chi connectivity index (χ1n) is 5.59. The number of rotatable bonds is 3. The second kappa shape index (κ2) is 5.00. The van der Waals surface area contributed by atoms with E-state index in [4.69, 9.17) is 4.74 Å². The molecule has 3 rings (SSSR count). The van der Waals surface area contributed by atoms with E-state index in [0.29, 0.717) is 17.5 Å². The monoisotopic (exact) mass is 367 g/mol. The average Bonchev–Trinajstić information content (AvgIpc) is 2.89. The Morgan fingerprint density at radius 1 is 1.26 bits per heavy atom. The van der Waals surface area contributed by atoms with Gasteiger partial charge in [-0.15, -0.1) is 0 Å². The summed E-state index contributed by atoms with van der Waals surface area (Å²) < 4.78 is 6.88. The van der Waals surface area contributed by atoms with Crippen molar-refractivity contribution in [3.8, 4) is 11.6 Å². The van der Waals surface area contributed by atoms with E-state index in [1.54, 1.807) is 13.2 Å². The van der Waals surface area contributed by atoms with Crippen LogP contribution in [-0.2, 0) is 0 Å². The molecule has 0 atom stereocenters. The minimum Gasteiger partial charge on any atom is -0.437 e. The largest absolute Gasteiger partial charge is 0.437 e. The molecule has 0 bridgehead atoms. The van der Waals surface area contributed by atoms with E-state index in [1.165, 1.54) is 0 Å². The normalized spacial score (nSPS) is 10.6. The smallest absolute Gasteiger partial charge is 0.235 e. The number of ether oxygens (including phenoxy) is 1. The molecule has 2 heterocycles. The first kappa shape index (κ1) is 12.2. The van der Waals surface area contributed by atoms with Crippen molar-refractivity contribution < 1.29 is 4.74 Å². The van der Waals surface area contributed by atoms with Gasteiger partial charge in [0.05, 0.1) is 9.77 Å². The summed E-state index contributed by atoms with van der Waals surface area (Å²) in [4.78, 5) is 8.58. The van der Waals surface area contributed by atoms with Gasteiger partial charge in [-0.3, -0.25) is 5.10 Å². The number of hydrogen-bond acceptors (Lipinski definition) is 5. The Labute approximate surface area is 122 Å². The molecule has 0 unspecified atom stereocenters. The minimum absolute atomic E-state index is 0.479. The molecule has 0 aliphatic heterocycles. The van der Waals surface area contributed by atoms with Crippen LogP contribution in [0.1, 0.15) is 0 Å². The highest BCUT2D eigenvalue weighted by atomic mass is 127. The Kier molecular flexibility index (Phi) is 3.20. The summed E-state index contributed by atoms with van der Waals surface area (Å²) in [6.45, 7) is 0. The summed E-state index contributed by atoms with van der Waals surface area (Å²) in [5.41, 5.74) is 0.639. The maximum absolute atomic E-state index is 5.86. The molecular weight excluding hydrogens is 357 g/mol. The second-order valence-electron chi connectivity index (χ2n) is 3.77. The third kappa shape index (κ3) is 2.33. The fraction of sp³-hybridized carbons (Fsp3) is 0.0833. The van der Waals surface area contributed by atoms with Gasteiger partial charge in [-0.2, -0.15) is 15.1 Å². The van der Waals surface area contributed by atoms with E-state index in [1.807, 2.05) is 24.3 Å². The van der Waals surface area contributed by atoms with Gasteiger partial charge in [0.15, 0.2) is 5.65 Å². The number of nitrogens with zero attached hydrogens (tertiary/aromatic N) is 3. The molecule has 0 fully saturated rings. The maximum Gasteiger partial charge on any atom is 0.235 e. The van der Waals surface area contributed by atoms with Gasteiger partial charge >= 0.3 is 0 Å². The SMILES string of the molecule is CNc1nc(Oc2ccccc2I)c2cn[nH]c2n1. The van der Waals surface area contributed by atoms with Gasteiger partial charge in [0.2, 0.25) is 11.8 Å². The number of nitrogens with one attached hydrogen (secondary N) is 2. The lowest BCUT2D eigenvalue weighted by Crippen LogP contribution is -1.99. The predicted molar refractivity (Wildman–Crippen MR) is 80.5 cm³/mol. The number of aromatic amines is 1. The Morgan fingerprint density at radius 3 is 2.89 bits per heavy atom. The molecule has 0 amide bonds. The number of fused-ring (bicyclic) bond motifs is 1. The van der Waals surface area contributed by atoms with Crippen molar-refractivity contribution in [3.63, 3.8) is 0 Å². The zero-order valence-electron chi connectivity index (χ0n) is 10.0. The molecule has 2 N–H and O–H groups in total. The molecular formula is C12H10IN5O. The zero-order valence-corrected chi connectivity index (χ0v) is 12.2. The highest BCUT2D eigenvalue weighted by Crippen LogP contribution is 2.29. The van der Waals surface area contributed by atoms with Gasteiger partial charge in [0, 0.05) is 7.05 Å². The molecule has 19 heavy (non-hydrogen) atoms. The van der Waals surface area contributed by atoms with Crippen molar-refractivity contribution in [2.45, 2.75) is 0 Å². The van der Waals surface area contributed by atoms with Crippen molar-refractivity contribution in [3.05, 3.63) is 34.0 Å². The lowest BCUT2D eigenvalue weighted by Gasteiger charge is -2.08. The highest BCUT2D eigenvalue weighted by Gasteiger charge is 2.12. The molecule has 0 aliphatic rings. The average molecular weight is 367 g/mol. The van der Waals surface area contributed by atoms with Gasteiger partial charge in [-0.1, -0.05) is 12.1 Å². The molecule has 3 aromatic rings. The van der Waals surface area contributed by atoms with Crippen LogP contribution in [0.3, 0.4) is 0 Å². The van der Waals surface area contributed by atoms with Gasteiger partial charge < -0.3 is 10.1 Å². The summed E-state index contributed by atoms with van der Waals surface area (Å²) in [5.74, 6) is 1.72. The molecule has 7 heteroatoms. The van der Waals surface area contributed by atoms with Crippen LogP contribution in [-0.4, -0.2) is 27.2 Å². The van der Waals surface area contributed by atoms with Crippen LogP contribution in [0.5, 0.6) is 11.6 Å². The Balaban J connectivity index is 2.09. The topological polar surface area (TPSA) is 75.7 Å². The molecule has 2 aromatic heterocycles. The molecule has 1 aromatic carbocycles. The Hall–Kier alpha value is -1.90. The first-order valence-corrected chi connectivity index (χ1v) is 6.67. The van der Waals surface area contributed by atoms with Crippen molar-refractivity contribution in [1.82, 2.24) is 20.2 Å². The number of hydrogen-bond donors (Lipinski definition) is 2. The number of H-pyrrole nitrogens is 1. The highest BCUT2D eigenvalue weighted by molar-refractivity contribution is 14.1. The molecule has 6 nitrogen and oxygen atoms in total. The summed E-state index contributed by atoms with van der Waals surface area (Å²) in [6.07, 6.45) is 1.65. The van der Waals surface area contributed by atoms with Crippen LogP contribution < -0.4 is 10.1 Å².